The average Bonchev–Trinajstić information content (AvgIpc) is 3.25. The lowest BCUT2D eigenvalue weighted by molar-refractivity contribution is 0.101. The fourth-order valence-electron chi connectivity index (χ4n) is 2.88. The highest BCUT2D eigenvalue weighted by Crippen LogP contribution is 2.29. The first-order chi connectivity index (χ1) is 14.7. The predicted octanol–water partition coefficient (Wildman–Crippen LogP) is 4.43. The van der Waals surface area contributed by atoms with Crippen molar-refractivity contribution in [2.45, 2.75) is 18.7 Å². The van der Waals surface area contributed by atoms with Crippen LogP contribution in [0, 0.1) is 0 Å². The molecule has 0 saturated carbocycles. The Labute approximate surface area is 185 Å². The van der Waals surface area contributed by atoms with E-state index in [1.165, 1.54) is 20.0 Å². The maximum atomic E-state index is 13.2. The van der Waals surface area contributed by atoms with Gasteiger partial charge >= 0.3 is 0 Å². The van der Waals surface area contributed by atoms with Crippen molar-refractivity contribution in [3.05, 3.63) is 70.4 Å². The standard InChI is InChI=1S/C22H22N2O5S2/c1-4-29-19-10-8-18(9-11-19)24(3)31(27,28)20-12-13-30-21(20)22(26)23-17-7-5-6-16(14-17)15(2)25/h5-14H,4H2,1-3H3,(H,23,26). The number of carbonyl (C=O) groups is 2. The van der Waals surface area contributed by atoms with E-state index in [1.807, 2.05) is 6.92 Å². The minimum atomic E-state index is -3.98. The van der Waals surface area contributed by atoms with Gasteiger partial charge in [0, 0.05) is 18.3 Å². The van der Waals surface area contributed by atoms with E-state index < -0.39 is 15.9 Å². The Kier molecular flexibility index (Phi) is 6.77. The molecular weight excluding hydrogens is 436 g/mol. The fraction of sp³-hybridized carbons (Fsp3) is 0.182. The Hall–Kier alpha value is -3.17. The van der Waals surface area contributed by atoms with E-state index in [0.29, 0.717) is 29.3 Å². The SMILES string of the molecule is CCOc1ccc(N(C)S(=O)(=O)c2ccsc2C(=O)Nc2cccc(C(C)=O)c2)cc1. The van der Waals surface area contributed by atoms with Crippen molar-refractivity contribution in [2.75, 3.05) is 23.3 Å². The Balaban J connectivity index is 1.86. The normalized spacial score (nSPS) is 11.1. The summed E-state index contributed by atoms with van der Waals surface area (Å²) in [6.07, 6.45) is 0. The van der Waals surface area contributed by atoms with Gasteiger partial charge in [-0.3, -0.25) is 13.9 Å². The van der Waals surface area contributed by atoms with Crippen LogP contribution in [0.3, 0.4) is 0 Å². The molecular formula is C22H22N2O5S2. The van der Waals surface area contributed by atoms with Gasteiger partial charge in [-0.15, -0.1) is 11.3 Å². The Morgan fingerprint density at radius 2 is 1.81 bits per heavy atom. The molecule has 3 aromatic rings. The van der Waals surface area contributed by atoms with Crippen LogP contribution >= 0.6 is 11.3 Å². The van der Waals surface area contributed by atoms with E-state index in [4.69, 9.17) is 4.74 Å². The van der Waals surface area contributed by atoms with E-state index in [9.17, 15) is 18.0 Å². The van der Waals surface area contributed by atoms with E-state index in [2.05, 4.69) is 5.32 Å². The van der Waals surface area contributed by atoms with Crippen LogP contribution in [0.1, 0.15) is 33.9 Å². The van der Waals surface area contributed by atoms with Crippen LogP contribution in [-0.2, 0) is 10.0 Å². The summed E-state index contributed by atoms with van der Waals surface area (Å²) in [6, 6.07) is 14.5. The number of hydrogen-bond acceptors (Lipinski definition) is 6. The number of thiophene rings is 1. The number of Topliss-reactive ketones (excluding diaryl/α,β-unsaturated/α-hetero) is 1. The van der Waals surface area contributed by atoms with Crippen molar-refractivity contribution in [3.63, 3.8) is 0 Å². The van der Waals surface area contributed by atoms with Gasteiger partial charge < -0.3 is 10.1 Å². The Morgan fingerprint density at radius 3 is 2.45 bits per heavy atom. The molecule has 2 aromatic carbocycles. The highest BCUT2D eigenvalue weighted by atomic mass is 32.2. The molecule has 3 rings (SSSR count). The van der Waals surface area contributed by atoms with Gasteiger partial charge in [0.15, 0.2) is 5.78 Å². The number of nitrogens with zero attached hydrogens (tertiary/aromatic N) is 1. The summed E-state index contributed by atoms with van der Waals surface area (Å²) in [6.45, 7) is 3.81. The second-order valence-electron chi connectivity index (χ2n) is 6.60. The molecule has 0 radical (unpaired) electrons. The molecule has 7 nitrogen and oxygen atoms in total. The zero-order valence-corrected chi connectivity index (χ0v) is 18.9. The minimum absolute atomic E-state index is 0.0611. The van der Waals surface area contributed by atoms with Crippen LogP contribution in [0.2, 0.25) is 0 Å². The highest BCUT2D eigenvalue weighted by Gasteiger charge is 2.28. The van der Waals surface area contributed by atoms with Crippen molar-refractivity contribution >= 4 is 44.4 Å². The average molecular weight is 459 g/mol. The summed E-state index contributed by atoms with van der Waals surface area (Å²) in [4.78, 5) is 24.3. The van der Waals surface area contributed by atoms with Gasteiger partial charge in [0.1, 0.15) is 15.5 Å². The molecule has 0 spiro atoms. The van der Waals surface area contributed by atoms with Crippen LogP contribution in [0.4, 0.5) is 11.4 Å². The number of hydrogen-bond donors (Lipinski definition) is 1. The molecule has 0 bridgehead atoms. The number of rotatable bonds is 8. The van der Waals surface area contributed by atoms with Crippen LogP contribution in [0.5, 0.6) is 5.75 Å². The largest absolute Gasteiger partial charge is 0.494 e. The van der Waals surface area contributed by atoms with Gasteiger partial charge in [-0.2, -0.15) is 0 Å². The third kappa shape index (κ3) is 4.95. The number of sulfonamides is 1. The molecule has 0 unspecified atom stereocenters. The third-order valence-corrected chi connectivity index (χ3v) is 7.38. The summed E-state index contributed by atoms with van der Waals surface area (Å²) < 4.78 is 32.9. The lowest BCUT2D eigenvalue weighted by Crippen LogP contribution is -2.28. The van der Waals surface area contributed by atoms with Crippen LogP contribution in [0.15, 0.2) is 64.9 Å². The number of ether oxygens (including phenoxy) is 1. The minimum Gasteiger partial charge on any atom is -0.494 e. The number of anilines is 2. The van der Waals surface area contributed by atoms with Crippen LogP contribution in [-0.4, -0.2) is 33.8 Å². The number of nitrogens with one attached hydrogen (secondary N) is 1. The predicted molar refractivity (Wildman–Crippen MR) is 122 cm³/mol. The maximum absolute atomic E-state index is 13.2. The van der Waals surface area contributed by atoms with Crippen LogP contribution < -0.4 is 14.4 Å². The fourth-order valence-corrected chi connectivity index (χ4v) is 5.37. The summed E-state index contributed by atoms with van der Waals surface area (Å²) >= 11 is 1.03. The molecule has 9 heteroatoms. The van der Waals surface area contributed by atoms with Gasteiger partial charge in [0.25, 0.3) is 15.9 Å². The van der Waals surface area contributed by atoms with E-state index >= 15 is 0 Å². The lowest BCUT2D eigenvalue weighted by Gasteiger charge is -2.20. The van der Waals surface area contributed by atoms with Gasteiger partial charge in [0.2, 0.25) is 0 Å². The third-order valence-electron chi connectivity index (χ3n) is 4.51. The van der Waals surface area contributed by atoms with Crippen molar-refractivity contribution in [1.29, 1.82) is 0 Å². The first-order valence-electron chi connectivity index (χ1n) is 9.45. The van der Waals surface area contributed by atoms with Gasteiger partial charge in [-0.05, 0) is 61.7 Å². The number of amides is 1. The van der Waals surface area contributed by atoms with Crippen LogP contribution in [0.25, 0.3) is 0 Å². The Morgan fingerprint density at radius 1 is 1.10 bits per heavy atom. The van der Waals surface area contributed by atoms with Gasteiger partial charge in [0.05, 0.1) is 12.3 Å². The van der Waals surface area contributed by atoms with Gasteiger partial charge in [-0.1, -0.05) is 12.1 Å². The molecule has 162 valence electrons. The quantitative estimate of drug-likeness (QED) is 0.504. The molecule has 1 amide bonds. The monoisotopic (exact) mass is 458 g/mol. The zero-order chi connectivity index (χ0) is 22.6. The lowest BCUT2D eigenvalue weighted by atomic mass is 10.1. The molecule has 31 heavy (non-hydrogen) atoms. The summed E-state index contributed by atoms with van der Waals surface area (Å²) in [5.41, 5.74) is 1.30. The number of benzene rings is 2. The second-order valence-corrected chi connectivity index (χ2v) is 9.46. The highest BCUT2D eigenvalue weighted by molar-refractivity contribution is 7.93. The molecule has 1 N–H and O–H groups in total. The van der Waals surface area contributed by atoms with Crippen molar-refractivity contribution in [3.8, 4) is 5.75 Å². The maximum Gasteiger partial charge on any atom is 0.267 e. The van der Waals surface area contributed by atoms with Gasteiger partial charge in [-0.25, -0.2) is 8.42 Å². The van der Waals surface area contributed by atoms with E-state index in [1.54, 1.807) is 53.9 Å². The van der Waals surface area contributed by atoms with Crippen molar-refractivity contribution in [1.82, 2.24) is 0 Å². The Bertz CT molecular complexity index is 1200. The molecule has 0 aliphatic carbocycles. The molecule has 1 heterocycles. The summed E-state index contributed by atoms with van der Waals surface area (Å²) in [5.74, 6) is -0.0534. The first kappa shape index (κ1) is 22.5. The zero-order valence-electron chi connectivity index (χ0n) is 17.3. The van der Waals surface area contributed by atoms with Crippen molar-refractivity contribution in [2.24, 2.45) is 0 Å². The molecule has 0 aliphatic rings. The van der Waals surface area contributed by atoms with E-state index in [-0.39, 0.29) is 15.6 Å². The molecule has 0 saturated heterocycles. The topological polar surface area (TPSA) is 92.8 Å². The summed E-state index contributed by atoms with van der Waals surface area (Å²) in [5, 5.41) is 4.23. The summed E-state index contributed by atoms with van der Waals surface area (Å²) in [7, 11) is -2.54. The van der Waals surface area contributed by atoms with Crippen molar-refractivity contribution < 1.29 is 22.7 Å². The molecule has 0 aliphatic heterocycles. The first-order valence-corrected chi connectivity index (χ1v) is 11.8. The molecule has 0 fully saturated rings. The molecule has 1 aromatic heterocycles. The van der Waals surface area contributed by atoms with E-state index in [0.717, 1.165) is 15.6 Å². The smallest absolute Gasteiger partial charge is 0.267 e. The second kappa shape index (κ2) is 9.32. The number of carbonyl (C=O) groups excluding carboxylic acids is 2. The number of ketones is 1. The molecule has 0 atom stereocenters.